The Morgan fingerprint density at radius 1 is 0.900 bits per heavy atom. The number of carbonyl (C=O) groups is 3. The van der Waals surface area contributed by atoms with Crippen molar-refractivity contribution >= 4 is 23.4 Å². The normalized spacial score (nSPS) is 11.5. The SMILES string of the molecule is Cc1cccc(C)c1O[C@H](C)C(=O)NNC(=O)c1ccc(NC(=O)CC(C)C)cc1. The second-order valence-corrected chi connectivity index (χ2v) is 7.65. The van der Waals surface area contributed by atoms with Crippen LogP contribution >= 0.6 is 0 Å². The molecule has 3 N–H and O–H groups in total. The third kappa shape index (κ3) is 6.62. The van der Waals surface area contributed by atoms with Crippen LogP contribution in [0.25, 0.3) is 0 Å². The second-order valence-electron chi connectivity index (χ2n) is 7.65. The molecule has 1 atom stereocenters. The molecular weight excluding hydrogens is 382 g/mol. The Kier molecular flexibility index (Phi) is 7.98. The lowest BCUT2D eigenvalue weighted by molar-refractivity contribution is -0.128. The fraction of sp³-hybridized carbons (Fsp3) is 0.348. The maximum atomic E-state index is 12.3. The highest BCUT2D eigenvalue weighted by molar-refractivity contribution is 5.97. The molecule has 3 amide bonds. The summed E-state index contributed by atoms with van der Waals surface area (Å²) in [6.45, 7) is 9.36. The molecule has 0 aromatic heterocycles. The molecule has 0 radical (unpaired) electrons. The van der Waals surface area contributed by atoms with E-state index in [-0.39, 0.29) is 11.8 Å². The average molecular weight is 412 g/mol. The molecule has 2 aromatic rings. The van der Waals surface area contributed by atoms with Crippen LogP contribution in [0.15, 0.2) is 42.5 Å². The van der Waals surface area contributed by atoms with E-state index in [0.717, 1.165) is 11.1 Å². The summed E-state index contributed by atoms with van der Waals surface area (Å²) >= 11 is 0. The van der Waals surface area contributed by atoms with Crippen LogP contribution in [0.1, 0.15) is 48.7 Å². The van der Waals surface area contributed by atoms with Crippen LogP contribution in [0.2, 0.25) is 0 Å². The van der Waals surface area contributed by atoms with Crippen molar-refractivity contribution in [2.24, 2.45) is 5.92 Å². The van der Waals surface area contributed by atoms with Crippen LogP contribution in [0.3, 0.4) is 0 Å². The summed E-state index contributed by atoms with van der Waals surface area (Å²) in [5.41, 5.74) is 7.57. The smallest absolute Gasteiger partial charge is 0.279 e. The molecule has 0 spiro atoms. The summed E-state index contributed by atoms with van der Waals surface area (Å²) in [6, 6.07) is 12.2. The van der Waals surface area contributed by atoms with E-state index in [1.807, 2.05) is 45.9 Å². The van der Waals surface area contributed by atoms with Crippen molar-refractivity contribution < 1.29 is 19.1 Å². The number of anilines is 1. The average Bonchev–Trinajstić information content (AvgIpc) is 2.68. The number of para-hydroxylation sites is 1. The van der Waals surface area contributed by atoms with Crippen LogP contribution in [-0.4, -0.2) is 23.8 Å². The Balaban J connectivity index is 1.87. The predicted molar refractivity (Wildman–Crippen MR) is 116 cm³/mol. The van der Waals surface area contributed by atoms with Gasteiger partial charge >= 0.3 is 0 Å². The molecule has 7 nitrogen and oxygen atoms in total. The van der Waals surface area contributed by atoms with Crippen LogP contribution in [-0.2, 0) is 9.59 Å². The molecule has 30 heavy (non-hydrogen) atoms. The first kappa shape index (κ1) is 22.9. The number of hydrogen-bond acceptors (Lipinski definition) is 4. The van der Waals surface area contributed by atoms with Gasteiger partial charge in [-0.15, -0.1) is 0 Å². The predicted octanol–water partition coefficient (Wildman–Crippen LogP) is 3.52. The number of amides is 3. The molecule has 2 rings (SSSR count). The van der Waals surface area contributed by atoms with Crippen molar-refractivity contribution in [2.75, 3.05) is 5.32 Å². The Labute approximate surface area is 177 Å². The third-order valence-electron chi connectivity index (χ3n) is 4.40. The van der Waals surface area contributed by atoms with Gasteiger partial charge in [-0.2, -0.15) is 0 Å². The number of nitrogens with one attached hydrogen (secondary N) is 3. The highest BCUT2D eigenvalue weighted by atomic mass is 16.5. The van der Waals surface area contributed by atoms with E-state index in [1.165, 1.54) is 0 Å². The molecular formula is C23H29N3O4. The Morgan fingerprint density at radius 2 is 1.50 bits per heavy atom. The van der Waals surface area contributed by atoms with E-state index < -0.39 is 17.9 Å². The molecule has 0 aliphatic heterocycles. The van der Waals surface area contributed by atoms with Gasteiger partial charge in [-0.3, -0.25) is 25.2 Å². The van der Waals surface area contributed by atoms with E-state index >= 15 is 0 Å². The van der Waals surface area contributed by atoms with E-state index in [9.17, 15) is 14.4 Å². The van der Waals surface area contributed by atoms with Gasteiger partial charge in [0.1, 0.15) is 5.75 Å². The lowest BCUT2D eigenvalue weighted by Gasteiger charge is -2.18. The van der Waals surface area contributed by atoms with Crippen molar-refractivity contribution in [3.8, 4) is 5.75 Å². The number of aryl methyl sites for hydroxylation is 2. The van der Waals surface area contributed by atoms with Gasteiger partial charge in [-0.25, -0.2) is 0 Å². The lowest BCUT2D eigenvalue weighted by atomic mass is 10.1. The monoisotopic (exact) mass is 411 g/mol. The highest BCUT2D eigenvalue weighted by Crippen LogP contribution is 2.23. The van der Waals surface area contributed by atoms with Crippen LogP contribution in [0.4, 0.5) is 5.69 Å². The van der Waals surface area contributed by atoms with Gasteiger partial charge in [0.05, 0.1) is 0 Å². The minimum Gasteiger partial charge on any atom is -0.480 e. The van der Waals surface area contributed by atoms with Gasteiger partial charge in [0.15, 0.2) is 6.10 Å². The first-order valence-electron chi connectivity index (χ1n) is 9.90. The van der Waals surface area contributed by atoms with Crippen molar-refractivity contribution in [3.05, 3.63) is 59.2 Å². The zero-order valence-corrected chi connectivity index (χ0v) is 18.0. The fourth-order valence-electron chi connectivity index (χ4n) is 2.80. The van der Waals surface area contributed by atoms with Gasteiger partial charge in [-0.05, 0) is 62.1 Å². The summed E-state index contributed by atoms with van der Waals surface area (Å²) in [5, 5.41) is 2.78. The van der Waals surface area contributed by atoms with Crippen molar-refractivity contribution in [3.63, 3.8) is 0 Å². The maximum Gasteiger partial charge on any atom is 0.279 e. The molecule has 0 saturated heterocycles. The molecule has 0 fully saturated rings. The second kappa shape index (κ2) is 10.4. The molecule has 2 aromatic carbocycles. The van der Waals surface area contributed by atoms with E-state index in [0.29, 0.717) is 23.4 Å². The number of benzene rings is 2. The van der Waals surface area contributed by atoms with E-state index in [4.69, 9.17) is 4.74 Å². The molecule has 7 heteroatoms. The van der Waals surface area contributed by atoms with Gasteiger partial charge in [-0.1, -0.05) is 32.0 Å². The number of carbonyl (C=O) groups excluding carboxylic acids is 3. The van der Waals surface area contributed by atoms with Crippen LogP contribution in [0, 0.1) is 19.8 Å². The van der Waals surface area contributed by atoms with Gasteiger partial charge in [0.2, 0.25) is 5.91 Å². The molecule has 0 aliphatic rings. The van der Waals surface area contributed by atoms with Crippen molar-refractivity contribution in [2.45, 2.75) is 47.1 Å². The van der Waals surface area contributed by atoms with Crippen molar-refractivity contribution in [1.82, 2.24) is 10.9 Å². The summed E-state index contributed by atoms with van der Waals surface area (Å²) in [4.78, 5) is 36.3. The van der Waals surface area contributed by atoms with Crippen molar-refractivity contribution in [1.29, 1.82) is 0 Å². The van der Waals surface area contributed by atoms with Crippen LogP contribution < -0.4 is 20.9 Å². The molecule has 0 saturated carbocycles. The van der Waals surface area contributed by atoms with Gasteiger partial charge in [0.25, 0.3) is 11.8 Å². The Morgan fingerprint density at radius 3 is 2.07 bits per heavy atom. The molecule has 0 unspecified atom stereocenters. The Bertz CT molecular complexity index is 887. The summed E-state index contributed by atoms with van der Waals surface area (Å²) in [5.74, 6) is -0.0973. The van der Waals surface area contributed by atoms with Crippen LogP contribution in [0.5, 0.6) is 5.75 Å². The summed E-state index contributed by atoms with van der Waals surface area (Å²) < 4.78 is 5.75. The van der Waals surface area contributed by atoms with E-state index in [1.54, 1.807) is 31.2 Å². The first-order valence-corrected chi connectivity index (χ1v) is 9.90. The number of rotatable bonds is 7. The number of ether oxygens (including phenoxy) is 1. The fourth-order valence-corrected chi connectivity index (χ4v) is 2.80. The molecule has 160 valence electrons. The number of hydrazine groups is 1. The topological polar surface area (TPSA) is 96.5 Å². The largest absolute Gasteiger partial charge is 0.480 e. The zero-order chi connectivity index (χ0) is 22.3. The first-order chi connectivity index (χ1) is 14.2. The highest BCUT2D eigenvalue weighted by Gasteiger charge is 2.18. The zero-order valence-electron chi connectivity index (χ0n) is 18.0. The minimum absolute atomic E-state index is 0.0765. The molecule has 0 heterocycles. The maximum absolute atomic E-state index is 12.3. The third-order valence-corrected chi connectivity index (χ3v) is 4.40. The van der Waals surface area contributed by atoms with E-state index in [2.05, 4.69) is 16.2 Å². The quantitative estimate of drug-likeness (QED) is 0.608. The molecule has 0 aliphatic carbocycles. The van der Waals surface area contributed by atoms with Gasteiger partial charge in [0, 0.05) is 17.7 Å². The molecule has 0 bridgehead atoms. The summed E-state index contributed by atoms with van der Waals surface area (Å²) in [7, 11) is 0. The minimum atomic E-state index is -0.788. The standard InChI is InChI=1S/C23H29N3O4/c1-14(2)13-20(27)24-19-11-9-18(10-12-19)23(29)26-25-22(28)17(5)30-21-15(3)7-6-8-16(21)4/h6-12,14,17H,13H2,1-5H3,(H,24,27)(H,25,28)(H,26,29)/t17-/m1/s1. The van der Waals surface area contributed by atoms with Gasteiger partial charge < -0.3 is 10.1 Å². The Hall–Kier alpha value is -3.35. The summed E-state index contributed by atoms with van der Waals surface area (Å²) in [6.07, 6.45) is -0.361. The lowest BCUT2D eigenvalue weighted by Crippen LogP contribution is -2.47. The number of hydrogen-bond donors (Lipinski definition) is 3.